The summed E-state index contributed by atoms with van der Waals surface area (Å²) in [6.45, 7) is 0.840. The minimum atomic E-state index is -0.300. The number of aromatic nitrogens is 1. The van der Waals surface area contributed by atoms with Crippen LogP contribution in [0.2, 0.25) is 0 Å². The number of hydrogen-bond acceptors (Lipinski definition) is 5. The van der Waals surface area contributed by atoms with Gasteiger partial charge in [-0.2, -0.15) is 0 Å². The minimum absolute atomic E-state index is 0.0218. The van der Waals surface area contributed by atoms with Gasteiger partial charge in [-0.25, -0.2) is 0 Å². The summed E-state index contributed by atoms with van der Waals surface area (Å²) in [6, 6.07) is 7.72. The Labute approximate surface area is 157 Å². The van der Waals surface area contributed by atoms with Gasteiger partial charge in [0.05, 0.1) is 12.7 Å². The maximum absolute atomic E-state index is 12.1. The third-order valence-corrected chi connectivity index (χ3v) is 5.36. The van der Waals surface area contributed by atoms with Crippen molar-refractivity contribution in [3.63, 3.8) is 0 Å². The lowest BCUT2D eigenvalue weighted by molar-refractivity contribution is -0.122. The molecule has 0 radical (unpaired) electrons. The predicted octanol–water partition coefficient (Wildman–Crippen LogP) is 2.31. The van der Waals surface area contributed by atoms with E-state index >= 15 is 0 Å². The van der Waals surface area contributed by atoms with Crippen LogP contribution in [0.1, 0.15) is 30.6 Å². The van der Waals surface area contributed by atoms with Gasteiger partial charge in [-0.05, 0) is 36.4 Å². The van der Waals surface area contributed by atoms with Crippen molar-refractivity contribution < 1.29 is 14.3 Å². The molecule has 3 heterocycles. The fraction of sp³-hybridized carbons (Fsp3) is 0.421. The number of carbonyl (C=O) groups excluding carboxylic acids is 2. The number of nitrogens with zero attached hydrogens (tertiary/aromatic N) is 1. The molecule has 2 amide bonds. The Morgan fingerprint density at radius 2 is 2.31 bits per heavy atom. The highest BCUT2D eigenvalue weighted by molar-refractivity contribution is 7.09. The zero-order chi connectivity index (χ0) is 18.2. The second-order valence-electron chi connectivity index (χ2n) is 6.47. The number of rotatable bonds is 9. The second kappa shape index (κ2) is 8.80. The number of pyridine rings is 1. The fourth-order valence-corrected chi connectivity index (χ4v) is 4.01. The van der Waals surface area contributed by atoms with E-state index in [0.29, 0.717) is 38.2 Å². The Bertz CT molecular complexity index is 721. The Hall–Kier alpha value is -2.41. The molecule has 2 aromatic rings. The monoisotopic (exact) mass is 373 g/mol. The summed E-state index contributed by atoms with van der Waals surface area (Å²) in [6.07, 6.45) is 6.45. The van der Waals surface area contributed by atoms with Crippen molar-refractivity contribution in [1.29, 1.82) is 0 Å². The molecule has 3 rings (SSSR count). The van der Waals surface area contributed by atoms with Crippen molar-refractivity contribution in [2.75, 3.05) is 13.2 Å². The van der Waals surface area contributed by atoms with Gasteiger partial charge in [-0.3, -0.25) is 14.6 Å². The Morgan fingerprint density at radius 1 is 1.38 bits per heavy atom. The van der Waals surface area contributed by atoms with Crippen molar-refractivity contribution in [3.05, 3.63) is 46.9 Å². The Kier molecular flexibility index (Phi) is 6.22. The molecule has 0 aromatic carbocycles. The molecule has 26 heavy (non-hydrogen) atoms. The highest BCUT2D eigenvalue weighted by Crippen LogP contribution is 2.30. The van der Waals surface area contributed by atoms with Crippen LogP contribution < -0.4 is 15.4 Å². The van der Waals surface area contributed by atoms with Gasteiger partial charge in [0.25, 0.3) is 0 Å². The number of carbonyl (C=O) groups is 2. The molecule has 0 saturated carbocycles. The number of ether oxygens (including phenoxy) is 1. The third-order valence-electron chi connectivity index (χ3n) is 4.49. The lowest BCUT2D eigenvalue weighted by Crippen LogP contribution is -2.44. The minimum Gasteiger partial charge on any atom is -0.490 e. The largest absolute Gasteiger partial charge is 0.490 e. The van der Waals surface area contributed by atoms with Crippen LogP contribution in [0.3, 0.4) is 0 Å². The normalized spacial score (nSPS) is 19.2. The van der Waals surface area contributed by atoms with Gasteiger partial charge in [0.15, 0.2) is 0 Å². The van der Waals surface area contributed by atoms with Gasteiger partial charge in [0, 0.05) is 35.9 Å². The van der Waals surface area contributed by atoms with E-state index in [2.05, 4.69) is 21.7 Å². The average molecular weight is 373 g/mol. The van der Waals surface area contributed by atoms with Crippen molar-refractivity contribution in [2.45, 2.75) is 37.6 Å². The summed E-state index contributed by atoms with van der Waals surface area (Å²) in [5, 5.41) is 8.01. The van der Waals surface area contributed by atoms with Crippen LogP contribution in [0.4, 0.5) is 0 Å². The van der Waals surface area contributed by atoms with Crippen molar-refractivity contribution in [2.24, 2.45) is 0 Å². The standard InChI is InChI=1S/C19H23N3O3S/c23-17(21-10-11-25-15-3-1-9-20-14-15)5-7-19(8-6-18(24)22-19)13-16-4-2-12-26-16/h1-4,9,12,14H,5-8,10-11,13H2,(H,21,23)(H,22,24)/t19-/m0/s1. The van der Waals surface area contributed by atoms with Crippen molar-refractivity contribution in [3.8, 4) is 5.75 Å². The van der Waals surface area contributed by atoms with E-state index in [9.17, 15) is 9.59 Å². The quantitative estimate of drug-likeness (QED) is 0.661. The Morgan fingerprint density at radius 3 is 3.00 bits per heavy atom. The summed E-state index contributed by atoms with van der Waals surface area (Å²) >= 11 is 1.69. The maximum atomic E-state index is 12.1. The molecule has 2 aromatic heterocycles. The van der Waals surface area contributed by atoms with E-state index in [1.165, 1.54) is 4.88 Å². The zero-order valence-electron chi connectivity index (χ0n) is 14.6. The number of amides is 2. The van der Waals surface area contributed by atoms with Crippen LogP contribution in [0.25, 0.3) is 0 Å². The number of nitrogens with one attached hydrogen (secondary N) is 2. The summed E-state index contributed by atoms with van der Waals surface area (Å²) in [5.41, 5.74) is -0.300. The Balaban J connectivity index is 1.42. The van der Waals surface area contributed by atoms with Crippen molar-refractivity contribution >= 4 is 23.2 Å². The van der Waals surface area contributed by atoms with E-state index in [4.69, 9.17) is 4.74 Å². The van der Waals surface area contributed by atoms with Gasteiger partial charge in [-0.15, -0.1) is 11.3 Å². The van der Waals surface area contributed by atoms with Gasteiger partial charge in [0.2, 0.25) is 11.8 Å². The highest BCUT2D eigenvalue weighted by atomic mass is 32.1. The van der Waals surface area contributed by atoms with E-state index in [0.717, 1.165) is 12.8 Å². The summed E-state index contributed by atoms with van der Waals surface area (Å²) in [4.78, 5) is 29.1. The summed E-state index contributed by atoms with van der Waals surface area (Å²) < 4.78 is 5.51. The van der Waals surface area contributed by atoms with E-state index in [1.54, 1.807) is 29.8 Å². The molecule has 1 aliphatic rings. The van der Waals surface area contributed by atoms with Crippen LogP contribution in [-0.4, -0.2) is 35.5 Å². The maximum Gasteiger partial charge on any atom is 0.220 e. The molecule has 1 saturated heterocycles. The predicted molar refractivity (Wildman–Crippen MR) is 100 cm³/mol. The van der Waals surface area contributed by atoms with Crippen LogP contribution in [0.15, 0.2) is 42.0 Å². The van der Waals surface area contributed by atoms with E-state index in [1.807, 2.05) is 17.5 Å². The fourth-order valence-electron chi connectivity index (χ4n) is 3.16. The third kappa shape index (κ3) is 5.29. The molecule has 0 spiro atoms. The van der Waals surface area contributed by atoms with Crippen LogP contribution in [0, 0.1) is 0 Å². The zero-order valence-corrected chi connectivity index (χ0v) is 15.4. The summed E-state index contributed by atoms with van der Waals surface area (Å²) in [7, 11) is 0. The molecule has 0 aliphatic carbocycles. The topological polar surface area (TPSA) is 80.3 Å². The summed E-state index contributed by atoms with van der Waals surface area (Å²) in [5.74, 6) is 0.739. The molecule has 1 fully saturated rings. The first-order valence-electron chi connectivity index (χ1n) is 8.78. The smallest absolute Gasteiger partial charge is 0.220 e. The highest BCUT2D eigenvalue weighted by Gasteiger charge is 2.38. The molecule has 138 valence electrons. The van der Waals surface area contributed by atoms with Gasteiger partial charge in [0.1, 0.15) is 12.4 Å². The first-order valence-corrected chi connectivity index (χ1v) is 9.66. The van der Waals surface area contributed by atoms with Crippen LogP contribution in [-0.2, 0) is 16.0 Å². The second-order valence-corrected chi connectivity index (χ2v) is 7.50. The lowest BCUT2D eigenvalue weighted by atomic mass is 9.87. The first-order chi connectivity index (χ1) is 12.7. The molecule has 2 N–H and O–H groups in total. The van der Waals surface area contributed by atoms with Gasteiger partial charge >= 0.3 is 0 Å². The van der Waals surface area contributed by atoms with Crippen molar-refractivity contribution in [1.82, 2.24) is 15.6 Å². The molecule has 1 atom stereocenters. The average Bonchev–Trinajstić information content (AvgIpc) is 3.28. The SMILES string of the molecule is O=C(CC[C@@]1(Cc2cccs2)CCC(=O)N1)NCCOc1cccnc1. The molecule has 0 bridgehead atoms. The van der Waals surface area contributed by atoms with E-state index in [-0.39, 0.29) is 17.4 Å². The molecular weight excluding hydrogens is 350 g/mol. The first kappa shape index (κ1) is 18.4. The van der Waals surface area contributed by atoms with E-state index < -0.39 is 0 Å². The van der Waals surface area contributed by atoms with Crippen LogP contribution >= 0.6 is 11.3 Å². The number of hydrogen-bond donors (Lipinski definition) is 2. The lowest BCUT2D eigenvalue weighted by Gasteiger charge is -2.28. The molecule has 0 unspecified atom stereocenters. The molecule has 1 aliphatic heterocycles. The van der Waals surface area contributed by atoms with Gasteiger partial charge in [-0.1, -0.05) is 6.07 Å². The van der Waals surface area contributed by atoms with Gasteiger partial charge < -0.3 is 15.4 Å². The molecular formula is C19H23N3O3S. The molecule has 6 nitrogen and oxygen atoms in total. The number of thiophene rings is 1. The molecule has 7 heteroatoms. The van der Waals surface area contributed by atoms with Crippen LogP contribution in [0.5, 0.6) is 5.75 Å².